The van der Waals surface area contributed by atoms with E-state index < -0.39 is 46.9 Å². The third-order valence-corrected chi connectivity index (χ3v) is 6.53. The minimum Gasteiger partial charge on any atom is -0.444 e. The van der Waals surface area contributed by atoms with Crippen molar-refractivity contribution in [3.8, 4) is 0 Å². The van der Waals surface area contributed by atoms with Crippen molar-refractivity contribution in [2.75, 3.05) is 46.1 Å². The van der Waals surface area contributed by atoms with E-state index in [1.807, 2.05) is 20.8 Å². The number of nitrogens with two attached hydrogens (primary N) is 1. The molecule has 38 heavy (non-hydrogen) atoms. The third kappa shape index (κ3) is 10.0. The number of rotatable bonds is 10. The summed E-state index contributed by atoms with van der Waals surface area (Å²) in [6, 6.07) is -1.83. The highest BCUT2D eigenvalue weighted by Crippen LogP contribution is 2.26. The van der Waals surface area contributed by atoms with Crippen LogP contribution in [0.4, 0.5) is 4.79 Å². The van der Waals surface area contributed by atoms with Crippen LogP contribution in [-0.4, -0.2) is 109 Å². The molecular formula is C26H46N4O8. The molecule has 2 fully saturated rings. The van der Waals surface area contributed by atoms with Crippen molar-refractivity contribution in [2.45, 2.75) is 84.6 Å². The van der Waals surface area contributed by atoms with Crippen molar-refractivity contribution in [1.29, 1.82) is 0 Å². The van der Waals surface area contributed by atoms with Gasteiger partial charge in [0.25, 0.3) is 0 Å². The molecule has 4 amide bonds. The lowest BCUT2D eigenvalue weighted by molar-refractivity contribution is -0.144. The molecule has 4 N–H and O–H groups in total. The standard InChI is InChI=1S/C26H46N4O8/c1-25(2,3)21(23(34)30-14-18(31)13-19(30)22(27)33)28-20(32)16-37-12-11-36-15-17-7-9-29(10-8-17)24(35)38-26(4,5)6/h17-19,21,31H,7-16H2,1-6H3,(H2,27,33)(H,28,32)/t18-,19+,21-/m1/s1. The average Bonchev–Trinajstić information content (AvgIpc) is 3.20. The number of aliphatic hydroxyl groups excluding tert-OH is 1. The minimum atomic E-state index is -0.923. The number of hydrogen-bond acceptors (Lipinski definition) is 8. The number of nitrogens with one attached hydrogen (secondary N) is 1. The fourth-order valence-electron chi connectivity index (χ4n) is 4.49. The number of amides is 4. The van der Waals surface area contributed by atoms with Gasteiger partial charge in [-0.3, -0.25) is 14.4 Å². The van der Waals surface area contributed by atoms with E-state index in [9.17, 15) is 24.3 Å². The van der Waals surface area contributed by atoms with E-state index in [-0.39, 0.29) is 32.3 Å². The lowest BCUT2D eigenvalue weighted by Gasteiger charge is -2.35. The second kappa shape index (κ2) is 13.6. The lowest BCUT2D eigenvalue weighted by Crippen LogP contribution is -2.57. The molecule has 2 rings (SSSR count). The van der Waals surface area contributed by atoms with Gasteiger partial charge in [-0.1, -0.05) is 20.8 Å². The molecule has 2 aliphatic rings. The van der Waals surface area contributed by atoms with E-state index in [4.69, 9.17) is 19.9 Å². The smallest absolute Gasteiger partial charge is 0.410 e. The Kier molecular flexibility index (Phi) is 11.3. The summed E-state index contributed by atoms with van der Waals surface area (Å²) in [5.41, 5.74) is 4.25. The minimum absolute atomic E-state index is 0.0112. The SMILES string of the molecule is CC(C)(C)OC(=O)N1CCC(COCCOCC(=O)N[C@H](C(=O)N2C[C@H](O)C[C@H]2C(N)=O)C(C)(C)C)CC1. The highest BCUT2D eigenvalue weighted by atomic mass is 16.6. The Bertz CT molecular complexity index is 830. The first-order valence-electron chi connectivity index (χ1n) is 13.3. The second-order valence-corrected chi connectivity index (χ2v) is 12.2. The maximum Gasteiger partial charge on any atom is 0.410 e. The van der Waals surface area contributed by atoms with Gasteiger partial charge in [0.05, 0.1) is 19.3 Å². The van der Waals surface area contributed by atoms with Gasteiger partial charge in [0.15, 0.2) is 0 Å². The Morgan fingerprint density at radius 1 is 1.03 bits per heavy atom. The first-order chi connectivity index (χ1) is 17.6. The van der Waals surface area contributed by atoms with Gasteiger partial charge in [0.1, 0.15) is 24.3 Å². The molecule has 2 aliphatic heterocycles. The van der Waals surface area contributed by atoms with Gasteiger partial charge in [-0.05, 0) is 44.9 Å². The number of likely N-dealkylation sites (tertiary alicyclic amines) is 2. The van der Waals surface area contributed by atoms with Crippen LogP contribution in [0.1, 0.15) is 60.8 Å². The zero-order valence-electron chi connectivity index (χ0n) is 23.7. The van der Waals surface area contributed by atoms with E-state index in [2.05, 4.69) is 5.32 Å². The first-order valence-corrected chi connectivity index (χ1v) is 13.3. The van der Waals surface area contributed by atoms with Gasteiger partial charge >= 0.3 is 6.09 Å². The number of β-amino-alcohol motifs (C(OH)–C–C–N with tert-alkyl or cyclic N) is 1. The van der Waals surface area contributed by atoms with E-state index in [0.29, 0.717) is 32.2 Å². The van der Waals surface area contributed by atoms with E-state index in [0.717, 1.165) is 12.8 Å². The first kappa shape index (κ1) is 31.8. The van der Waals surface area contributed by atoms with Crippen molar-refractivity contribution in [3.05, 3.63) is 0 Å². The average molecular weight is 543 g/mol. The van der Waals surface area contributed by atoms with E-state index in [1.165, 1.54) is 4.90 Å². The topological polar surface area (TPSA) is 161 Å². The summed E-state index contributed by atoms with van der Waals surface area (Å²) in [4.78, 5) is 52.6. The molecule has 0 saturated carbocycles. The molecule has 0 radical (unpaired) electrons. The molecule has 0 bridgehead atoms. The monoisotopic (exact) mass is 542 g/mol. The number of carbonyl (C=O) groups is 4. The summed E-state index contributed by atoms with van der Waals surface area (Å²) in [5, 5.41) is 12.6. The van der Waals surface area contributed by atoms with Gasteiger partial charge < -0.3 is 40.2 Å². The zero-order chi connectivity index (χ0) is 28.7. The summed E-state index contributed by atoms with van der Waals surface area (Å²) in [6.07, 6.45) is 0.612. The van der Waals surface area contributed by atoms with Crippen molar-refractivity contribution in [3.63, 3.8) is 0 Å². The molecule has 12 nitrogen and oxygen atoms in total. The van der Waals surface area contributed by atoms with Crippen molar-refractivity contribution >= 4 is 23.8 Å². The van der Waals surface area contributed by atoms with Gasteiger partial charge in [-0.15, -0.1) is 0 Å². The van der Waals surface area contributed by atoms with Crippen LogP contribution in [0.2, 0.25) is 0 Å². The van der Waals surface area contributed by atoms with Crippen LogP contribution in [0.3, 0.4) is 0 Å². The summed E-state index contributed by atoms with van der Waals surface area (Å²) >= 11 is 0. The van der Waals surface area contributed by atoms with Crippen molar-refractivity contribution < 1.29 is 38.5 Å². The molecule has 0 unspecified atom stereocenters. The number of ether oxygens (including phenoxy) is 3. The van der Waals surface area contributed by atoms with Gasteiger partial charge in [0, 0.05) is 32.7 Å². The molecule has 2 saturated heterocycles. The van der Waals surface area contributed by atoms with Crippen LogP contribution in [0.5, 0.6) is 0 Å². The Morgan fingerprint density at radius 2 is 1.63 bits per heavy atom. The molecule has 3 atom stereocenters. The van der Waals surface area contributed by atoms with Crippen LogP contribution in [0.25, 0.3) is 0 Å². The fraction of sp³-hybridized carbons (Fsp3) is 0.846. The summed E-state index contributed by atoms with van der Waals surface area (Å²) in [5.74, 6) is -1.29. The van der Waals surface area contributed by atoms with Gasteiger partial charge in [-0.25, -0.2) is 4.79 Å². The highest BCUT2D eigenvalue weighted by Gasteiger charge is 2.43. The summed E-state index contributed by atoms with van der Waals surface area (Å²) < 4.78 is 16.5. The molecule has 2 heterocycles. The van der Waals surface area contributed by atoms with E-state index >= 15 is 0 Å². The maximum atomic E-state index is 13.2. The number of hydrogen-bond donors (Lipinski definition) is 3. The van der Waals surface area contributed by atoms with Crippen LogP contribution in [0, 0.1) is 11.3 Å². The molecule has 12 heteroatoms. The Hall–Kier alpha value is -2.44. The number of carbonyl (C=O) groups excluding carboxylic acids is 4. The number of primary amides is 1. The lowest BCUT2D eigenvalue weighted by atomic mass is 9.85. The van der Waals surface area contributed by atoms with Crippen molar-refractivity contribution in [2.24, 2.45) is 17.1 Å². The second-order valence-electron chi connectivity index (χ2n) is 12.2. The number of piperidine rings is 1. The quantitative estimate of drug-likeness (QED) is 0.339. The largest absolute Gasteiger partial charge is 0.444 e. The molecule has 0 aromatic heterocycles. The molecule has 0 aliphatic carbocycles. The number of aliphatic hydroxyl groups is 1. The Labute approximate surface area is 225 Å². The van der Waals surface area contributed by atoms with Crippen LogP contribution in [0.15, 0.2) is 0 Å². The Balaban J connectivity index is 1.68. The van der Waals surface area contributed by atoms with Crippen LogP contribution in [-0.2, 0) is 28.6 Å². The highest BCUT2D eigenvalue weighted by molar-refractivity contribution is 5.92. The van der Waals surface area contributed by atoms with Gasteiger partial charge in [-0.2, -0.15) is 0 Å². The summed E-state index contributed by atoms with van der Waals surface area (Å²) in [7, 11) is 0. The summed E-state index contributed by atoms with van der Waals surface area (Å²) in [6.45, 7) is 13.0. The Morgan fingerprint density at radius 3 is 2.18 bits per heavy atom. The van der Waals surface area contributed by atoms with Crippen molar-refractivity contribution in [1.82, 2.24) is 15.1 Å². The van der Waals surface area contributed by atoms with Crippen LogP contribution < -0.4 is 11.1 Å². The molecule has 0 spiro atoms. The molecule has 0 aromatic rings. The molecule has 0 aromatic carbocycles. The van der Waals surface area contributed by atoms with E-state index in [1.54, 1.807) is 25.7 Å². The van der Waals surface area contributed by atoms with Gasteiger partial charge in [0.2, 0.25) is 17.7 Å². The maximum absolute atomic E-state index is 13.2. The molecule has 218 valence electrons. The predicted octanol–water partition coefficient (Wildman–Crippen LogP) is 0.645. The third-order valence-electron chi connectivity index (χ3n) is 6.53. The fourth-order valence-corrected chi connectivity index (χ4v) is 4.49. The van der Waals surface area contributed by atoms with Crippen LogP contribution >= 0.6 is 0 Å². The molecular weight excluding hydrogens is 496 g/mol. The normalized spacial score (nSPS) is 21.8. The number of nitrogens with zero attached hydrogens (tertiary/aromatic N) is 2. The zero-order valence-corrected chi connectivity index (χ0v) is 23.7. The predicted molar refractivity (Wildman–Crippen MR) is 139 cm³/mol.